The summed E-state index contributed by atoms with van der Waals surface area (Å²) in [5.74, 6) is 0. The van der Waals surface area contributed by atoms with Gasteiger partial charge in [-0.3, -0.25) is 0 Å². The van der Waals surface area contributed by atoms with E-state index in [9.17, 15) is 0 Å². The van der Waals surface area contributed by atoms with Gasteiger partial charge in [-0.25, -0.2) is 0 Å². The first-order valence-corrected chi connectivity index (χ1v) is 14.8. The number of fused-ring (bicyclic) bond motifs is 12. The third kappa shape index (κ3) is 2.35. The van der Waals surface area contributed by atoms with Gasteiger partial charge in [-0.2, -0.15) is 0 Å². The van der Waals surface area contributed by atoms with Crippen LogP contribution in [0.5, 0.6) is 0 Å². The summed E-state index contributed by atoms with van der Waals surface area (Å²) < 4.78 is 0. The molecule has 0 heteroatoms. The molecule has 0 bridgehead atoms. The van der Waals surface area contributed by atoms with Gasteiger partial charge in [0.15, 0.2) is 0 Å². The first-order valence-electron chi connectivity index (χ1n) is 14.8. The molecule has 11 aromatic carbocycles. The Bertz CT molecular complexity index is 2740. The highest BCUT2D eigenvalue weighted by molar-refractivity contribution is 6.50. The minimum Gasteiger partial charge on any atom is -0.0616 e. The van der Waals surface area contributed by atoms with E-state index >= 15 is 0 Å². The molecule has 0 fully saturated rings. The minimum atomic E-state index is 1.30. The number of hydrogen-bond acceptors (Lipinski definition) is 0. The fourth-order valence-electron chi connectivity index (χ4n) is 8.47. The van der Waals surface area contributed by atoms with Crippen molar-refractivity contribution < 1.29 is 0 Å². The molecule has 0 nitrogen and oxygen atoms in total. The van der Waals surface area contributed by atoms with Gasteiger partial charge in [0.05, 0.1) is 0 Å². The Balaban J connectivity index is 1.57. The van der Waals surface area contributed by atoms with Crippen LogP contribution in [0.1, 0.15) is 0 Å². The highest BCUT2D eigenvalue weighted by Gasteiger charge is 2.23. The fraction of sp³-hybridized carbons (Fsp3) is 0. The third-order valence-corrected chi connectivity index (χ3v) is 10.1. The van der Waals surface area contributed by atoms with Gasteiger partial charge in [0.25, 0.3) is 0 Å². The summed E-state index contributed by atoms with van der Waals surface area (Å²) in [5.41, 5.74) is 0. The number of hydrogen-bond donors (Lipinski definition) is 0. The lowest BCUT2D eigenvalue weighted by Crippen LogP contribution is -1.94. The van der Waals surface area contributed by atoms with Crippen LogP contribution in [0.4, 0.5) is 0 Å². The summed E-state index contributed by atoms with van der Waals surface area (Å²) in [6.07, 6.45) is 0. The van der Waals surface area contributed by atoms with Gasteiger partial charge < -0.3 is 0 Å². The molecule has 0 unspecified atom stereocenters. The van der Waals surface area contributed by atoms with Crippen molar-refractivity contribution in [2.75, 3.05) is 0 Å². The molecule has 11 aromatic rings. The van der Waals surface area contributed by atoms with Gasteiger partial charge in [-0.05, 0) is 120 Å². The second kappa shape index (κ2) is 7.24. The second-order valence-electron chi connectivity index (χ2n) is 12.0. The third-order valence-electron chi connectivity index (χ3n) is 10.1. The topological polar surface area (TPSA) is 0 Å². The largest absolute Gasteiger partial charge is 0.0616 e. The van der Waals surface area contributed by atoms with Crippen molar-refractivity contribution in [3.63, 3.8) is 0 Å². The molecule has 11 rings (SSSR count). The van der Waals surface area contributed by atoms with Crippen LogP contribution in [0.3, 0.4) is 0 Å². The van der Waals surface area contributed by atoms with Gasteiger partial charge in [0, 0.05) is 0 Å². The van der Waals surface area contributed by atoms with Crippen molar-refractivity contribution in [1.29, 1.82) is 0 Å². The average Bonchev–Trinajstić information content (AvgIpc) is 3.06. The van der Waals surface area contributed by atoms with E-state index in [1.807, 2.05) is 0 Å². The van der Waals surface area contributed by atoms with E-state index in [1.165, 1.54) is 108 Å². The Labute approximate surface area is 240 Å². The summed E-state index contributed by atoms with van der Waals surface area (Å²) in [4.78, 5) is 0. The molecule has 0 atom stereocenters. The van der Waals surface area contributed by atoms with Crippen molar-refractivity contribution in [2.24, 2.45) is 0 Å². The van der Waals surface area contributed by atoms with Crippen molar-refractivity contribution in [1.82, 2.24) is 0 Å². The van der Waals surface area contributed by atoms with Crippen LogP contribution >= 0.6 is 0 Å². The second-order valence-corrected chi connectivity index (χ2v) is 12.0. The normalized spacial score (nSPS) is 12.8. The van der Waals surface area contributed by atoms with Crippen molar-refractivity contribution in [3.05, 3.63) is 133 Å². The Morgan fingerprint density at radius 1 is 0.190 bits per heavy atom. The van der Waals surface area contributed by atoms with Gasteiger partial charge in [-0.15, -0.1) is 0 Å². The molecule has 0 aliphatic rings. The van der Waals surface area contributed by atoms with E-state index in [-0.39, 0.29) is 0 Å². The number of rotatable bonds is 0. The molecule has 0 spiro atoms. The van der Waals surface area contributed by atoms with Crippen LogP contribution in [0.2, 0.25) is 0 Å². The minimum absolute atomic E-state index is 1.30. The fourth-order valence-corrected chi connectivity index (χ4v) is 8.47. The summed E-state index contributed by atoms with van der Waals surface area (Å²) in [7, 11) is 0. The van der Waals surface area contributed by atoms with E-state index in [2.05, 4.69) is 133 Å². The lowest BCUT2D eigenvalue weighted by Gasteiger charge is -2.23. The first kappa shape index (κ1) is 21.3. The first-order chi connectivity index (χ1) is 20.9. The Morgan fingerprint density at radius 3 is 0.952 bits per heavy atom. The summed E-state index contributed by atoms with van der Waals surface area (Å²) in [5, 5.41) is 27.0. The van der Waals surface area contributed by atoms with E-state index in [0.29, 0.717) is 0 Å². The van der Waals surface area contributed by atoms with Crippen LogP contribution in [-0.4, -0.2) is 0 Å². The molecule has 0 N–H and O–H groups in total. The molecule has 0 aliphatic heterocycles. The van der Waals surface area contributed by atoms with Crippen LogP contribution < -0.4 is 0 Å². The SMILES string of the molecule is c1ccc2c(c1)cc1c3ccccc3c3c4ccc5c6ccccc6cc6c7ccccc7c(c7ccc2c1c73)c4c56. The predicted molar refractivity (Wildman–Crippen MR) is 184 cm³/mol. The van der Waals surface area contributed by atoms with Crippen LogP contribution in [0.25, 0.3) is 108 Å². The summed E-state index contributed by atoms with van der Waals surface area (Å²) in [6.45, 7) is 0. The van der Waals surface area contributed by atoms with Crippen LogP contribution in [-0.2, 0) is 0 Å². The molecule has 190 valence electrons. The summed E-state index contributed by atoms with van der Waals surface area (Å²) in [6, 6.07) is 50.3. The lowest BCUT2D eigenvalue weighted by atomic mass is 9.80. The summed E-state index contributed by atoms with van der Waals surface area (Å²) >= 11 is 0. The highest BCUT2D eigenvalue weighted by Crippen LogP contribution is 2.52. The van der Waals surface area contributed by atoms with E-state index in [1.54, 1.807) is 0 Å². The standard InChI is InChI=1S/C42H22/c1-3-11-25-23(9-1)21-35-27-13-5-7-15-29(27)37-34-20-18-32-26-12-4-2-10-24(26)22-36-28-14-6-8-16-30(28)38(42(34)40(32)36)33-19-17-31(25)39(35)41(33)37/h1-22H. The van der Waals surface area contributed by atoms with E-state index in [4.69, 9.17) is 0 Å². The molecule has 0 heterocycles. The molecule has 0 saturated heterocycles. The van der Waals surface area contributed by atoms with Crippen molar-refractivity contribution in [2.45, 2.75) is 0 Å². The molecule has 42 heavy (non-hydrogen) atoms. The average molecular weight is 527 g/mol. The maximum atomic E-state index is 2.42. The number of benzene rings is 11. The zero-order chi connectivity index (χ0) is 27.1. The maximum absolute atomic E-state index is 2.42. The van der Waals surface area contributed by atoms with Gasteiger partial charge in [0.1, 0.15) is 0 Å². The molecular weight excluding hydrogens is 504 g/mol. The maximum Gasteiger partial charge on any atom is -0.000740 e. The lowest BCUT2D eigenvalue weighted by molar-refractivity contribution is 1.79. The van der Waals surface area contributed by atoms with E-state index < -0.39 is 0 Å². The zero-order valence-electron chi connectivity index (χ0n) is 22.7. The highest BCUT2D eigenvalue weighted by atomic mass is 14.3. The zero-order valence-corrected chi connectivity index (χ0v) is 22.7. The molecule has 0 saturated carbocycles. The molecule has 0 aliphatic carbocycles. The smallest absolute Gasteiger partial charge is 0.000740 e. The van der Waals surface area contributed by atoms with E-state index in [0.717, 1.165) is 0 Å². The van der Waals surface area contributed by atoms with Crippen LogP contribution in [0.15, 0.2) is 133 Å². The van der Waals surface area contributed by atoms with Gasteiger partial charge in [-0.1, -0.05) is 121 Å². The van der Waals surface area contributed by atoms with Crippen LogP contribution in [0, 0.1) is 0 Å². The Morgan fingerprint density at radius 2 is 0.500 bits per heavy atom. The predicted octanol–water partition coefficient (Wildman–Crippen LogP) is 12.1. The molecule has 0 radical (unpaired) electrons. The van der Waals surface area contributed by atoms with Gasteiger partial charge >= 0.3 is 0 Å². The van der Waals surface area contributed by atoms with Crippen molar-refractivity contribution in [3.8, 4) is 0 Å². The molecule has 0 amide bonds. The molecule has 0 aromatic heterocycles. The molecular formula is C42H22. The monoisotopic (exact) mass is 526 g/mol. The van der Waals surface area contributed by atoms with Gasteiger partial charge in [0.2, 0.25) is 0 Å². The Hall–Kier alpha value is -5.46. The quantitative estimate of drug-likeness (QED) is 0.136. The van der Waals surface area contributed by atoms with Crippen molar-refractivity contribution >= 4 is 108 Å². The Kier molecular flexibility index (Phi) is 3.67.